The zero-order valence-corrected chi connectivity index (χ0v) is 15.6. The Kier molecular flexibility index (Phi) is 6.64. The minimum absolute atomic E-state index is 0. The first-order valence-corrected chi connectivity index (χ1v) is 9.28. The summed E-state index contributed by atoms with van der Waals surface area (Å²) in [5.41, 5.74) is 2.04. The molecule has 1 atom stereocenters. The molecule has 6 nitrogen and oxygen atoms in total. The van der Waals surface area contributed by atoms with Crippen LogP contribution in [-0.2, 0) is 11.2 Å². The van der Waals surface area contributed by atoms with Gasteiger partial charge in [-0.3, -0.25) is 5.32 Å². The van der Waals surface area contributed by atoms with Crippen LogP contribution >= 0.6 is 11.8 Å². The van der Waals surface area contributed by atoms with Crippen molar-refractivity contribution in [2.75, 3.05) is 12.0 Å². The Morgan fingerprint density at radius 3 is 2.80 bits per heavy atom. The van der Waals surface area contributed by atoms with Gasteiger partial charge in [-0.1, -0.05) is 19.1 Å². The molecule has 0 bridgehead atoms. The third kappa shape index (κ3) is 4.05. The molecule has 0 spiro atoms. The van der Waals surface area contributed by atoms with Gasteiger partial charge in [-0.2, -0.15) is 16.7 Å². The fraction of sp³-hybridized carbons (Fsp3) is 0.353. The highest BCUT2D eigenvalue weighted by Gasteiger charge is 2.26. The van der Waals surface area contributed by atoms with Crippen LogP contribution in [0, 0.1) is 0 Å². The summed E-state index contributed by atoms with van der Waals surface area (Å²) in [6.45, 7) is 1.98. The summed E-state index contributed by atoms with van der Waals surface area (Å²) in [6, 6.07) is 7.09. The second-order valence-electron chi connectivity index (χ2n) is 5.55. The molecule has 0 amide bonds. The number of quaternary nitrogens is 1. The summed E-state index contributed by atoms with van der Waals surface area (Å²) in [5.74, 6) is 1.20. The Morgan fingerprint density at radius 2 is 2.12 bits per heavy atom. The SMILES string of the molecule is CCc1nc([NH2+]C(CCSC)C(=O)O)c2oc3ccccc3c2n1.[Cl-]. The predicted molar refractivity (Wildman–Crippen MR) is 94.7 cm³/mol. The van der Waals surface area contributed by atoms with Crippen LogP contribution in [0.15, 0.2) is 28.7 Å². The highest BCUT2D eigenvalue weighted by molar-refractivity contribution is 7.98. The Balaban J connectivity index is 0.00000225. The van der Waals surface area contributed by atoms with E-state index in [1.165, 1.54) is 0 Å². The van der Waals surface area contributed by atoms with Crippen LogP contribution in [0.1, 0.15) is 19.2 Å². The molecule has 0 aliphatic heterocycles. The van der Waals surface area contributed by atoms with E-state index in [-0.39, 0.29) is 12.4 Å². The predicted octanol–water partition coefficient (Wildman–Crippen LogP) is -0.656. The number of aryl methyl sites for hydroxylation is 1. The number of para-hydroxylation sites is 1. The average molecular weight is 382 g/mol. The summed E-state index contributed by atoms with van der Waals surface area (Å²) in [7, 11) is 0. The Morgan fingerprint density at radius 1 is 1.36 bits per heavy atom. The first-order valence-electron chi connectivity index (χ1n) is 7.88. The van der Waals surface area contributed by atoms with Crippen LogP contribution in [0.2, 0.25) is 0 Å². The Hall–Kier alpha value is -1.83. The molecule has 1 unspecified atom stereocenters. The standard InChI is InChI=1S/C17H19N3O3S.ClH/c1-3-13-19-14-10-6-4-5-7-12(10)23-15(14)16(20-13)18-11(17(21)22)8-9-24-2;/h4-7,11H,3,8-9H2,1-2H3,(H,21,22)(H,18,19,20);1H. The van der Waals surface area contributed by atoms with Gasteiger partial charge in [0, 0.05) is 18.2 Å². The van der Waals surface area contributed by atoms with Gasteiger partial charge in [0.25, 0.3) is 5.82 Å². The fourth-order valence-corrected chi connectivity index (χ4v) is 3.13. The van der Waals surface area contributed by atoms with E-state index in [4.69, 9.17) is 4.42 Å². The van der Waals surface area contributed by atoms with Crippen molar-refractivity contribution < 1.29 is 32.0 Å². The van der Waals surface area contributed by atoms with Crippen LogP contribution in [0.4, 0.5) is 5.82 Å². The summed E-state index contributed by atoms with van der Waals surface area (Å²) in [5, 5.41) is 12.1. The molecule has 0 saturated carbocycles. The van der Waals surface area contributed by atoms with Gasteiger partial charge in [0.2, 0.25) is 5.58 Å². The van der Waals surface area contributed by atoms with Crippen LogP contribution in [0.3, 0.4) is 0 Å². The zero-order chi connectivity index (χ0) is 17.1. The van der Waals surface area contributed by atoms with Gasteiger partial charge < -0.3 is 21.9 Å². The van der Waals surface area contributed by atoms with Gasteiger partial charge in [-0.25, -0.2) is 9.78 Å². The number of nitrogens with two attached hydrogens (primary N) is 1. The Bertz CT molecular complexity index is 884. The second kappa shape index (κ2) is 8.51. The molecule has 2 aromatic heterocycles. The number of nitrogens with zero attached hydrogens (tertiary/aromatic N) is 2. The molecule has 3 aromatic rings. The zero-order valence-electron chi connectivity index (χ0n) is 14.0. The maximum Gasteiger partial charge on any atom is 0.362 e. The van der Waals surface area contributed by atoms with E-state index in [9.17, 15) is 9.90 Å². The van der Waals surface area contributed by atoms with Crippen molar-refractivity contribution in [1.82, 2.24) is 9.97 Å². The maximum atomic E-state index is 11.6. The van der Waals surface area contributed by atoms with E-state index >= 15 is 0 Å². The lowest BCUT2D eigenvalue weighted by molar-refractivity contribution is -0.601. The van der Waals surface area contributed by atoms with Crippen molar-refractivity contribution >= 4 is 45.6 Å². The average Bonchev–Trinajstić information content (AvgIpc) is 2.97. The molecule has 25 heavy (non-hydrogen) atoms. The number of aliphatic carboxylic acids is 1. The lowest BCUT2D eigenvalue weighted by Crippen LogP contribution is -3.00. The molecule has 0 radical (unpaired) electrons. The van der Waals surface area contributed by atoms with E-state index in [1.807, 2.05) is 37.4 Å². The molecule has 0 saturated heterocycles. The molecule has 0 aliphatic carbocycles. The first kappa shape index (κ1) is 19.5. The van der Waals surface area contributed by atoms with Crippen LogP contribution in [-0.4, -0.2) is 39.1 Å². The number of hydrogen-bond donors (Lipinski definition) is 2. The van der Waals surface area contributed by atoms with E-state index in [0.717, 1.165) is 22.2 Å². The smallest absolute Gasteiger partial charge is 0.362 e. The highest BCUT2D eigenvalue weighted by atomic mass is 35.5. The van der Waals surface area contributed by atoms with Crippen LogP contribution in [0.5, 0.6) is 0 Å². The minimum Gasteiger partial charge on any atom is -1.00 e. The number of rotatable bonds is 7. The van der Waals surface area contributed by atoms with Crippen molar-refractivity contribution in [3.05, 3.63) is 30.1 Å². The van der Waals surface area contributed by atoms with Crippen molar-refractivity contribution in [3.63, 3.8) is 0 Å². The van der Waals surface area contributed by atoms with Crippen molar-refractivity contribution in [2.24, 2.45) is 0 Å². The molecule has 8 heteroatoms. The lowest BCUT2D eigenvalue weighted by atomic mass is 10.2. The van der Waals surface area contributed by atoms with Gasteiger partial charge >= 0.3 is 5.97 Å². The molecule has 0 fully saturated rings. The third-order valence-corrected chi connectivity index (χ3v) is 4.56. The topological polar surface area (TPSA) is 92.8 Å². The van der Waals surface area contributed by atoms with E-state index in [2.05, 4.69) is 9.97 Å². The van der Waals surface area contributed by atoms with Crippen LogP contribution < -0.4 is 17.7 Å². The number of carboxylic acid groups (broad SMARTS) is 1. The van der Waals surface area contributed by atoms with E-state index < -0.39 is 12.0 Å². The monoisotopic (exact) mass is 381 g/mol. The van der Waals surface area contributed by atoms with E-state index in [1.54, 1.807) is 17.1 Å². The molecular weight excluding hydrogens is 362 g/mol. The normalized spacial score (nSPS) is 12.2. The molecule has 1 aromatic carbocycles. The van der Waals surface area contributed by atoms with Crippen LogP contribution in [0.25, 0.3) is 22.1 Å². The van der Waals surface area contributed by atoms with Gasteiger partial charge in [0.05, 0.1) is 0 Å². The van der Waals surface area contributed by atoms with Gasteiger partial charge in [-0.05, 0) is 24.1 Å². The fourth-order valence-electron chi connectivity index (χ4n) is 2.64. The van der Waals surface area contributed by atoms with Crippen molar-refractivity contribution in [3.8, 4) is 0 Å². The second-order valence-corrected chi connectivity index (χ2v) is 6.53. The third-order valence-electron chi connectivity index (χ3n) is 3.92. The first-order chi connectivity index (χ1) is 11.6. The summed E-state index contributed by atoms with van der Waals surface area (Å²) in [6.07, 6.45) is 3.21. The molecule has 2 heterocycles. The van der Waals surface area contributed by atoms with Gasteiger partial charge in [-0.15, -0.1) is 0 Å². The number of benzene rings is 1. The summed E-state index contributed by atoms with van der Waals surface area (Å²) >= 11 is 1.63. The number of halogens is 1. The number of hydrogen-bond acceptors (Lipinski definition) is 5. The number of thioether (sulfide) groups is 1. The van der Waals surface area contributed by atoms with Gasteiger partial charge in [0.15, 0.2) is 6.04 Å². The highest BCUT2D eigenvalue weighted by Crippen LogP contribution is 2.29. The Labute approximate surface area is 155 Å². The molecule has 3 N–H and O–H groups in total. The van der Waals surface area contributed by atoms with Gasteiger partial charge in [0.1, 0.15) is 16.9 Å². The van der Waals surface area contributed by atoms with E-state index in [0.29, 0.717) is 30.1 Å². The largest absolute Gasteiger partial charge is 1.00 e. The minimum atomic E-state index is -0.843. The molecular formula is C17H20ClN3O3S. The number of aromatic nitrogens is 2. The molecule has 0 aliphatic rings. The molecule has 3 rings (SSSR count). The number of fused-ring (bicyclic) bond motifs is 3. The number of carboxylic acids is 1. The lowest BCUT2D eigenvalue weighted by Gasteiger charge is -2.10. The molecule has 134 valence electrons. The maximum absolute atomic E-state index is 11.6. The number of carbonyl (C=O) groups is 1. The quantitative estimate of drug-likeness (QED) is 0.564. The van der Waals surface area contributed by atoms with Crippen molar-refractivity contribution in [1.29, 1.82) is 0 Å². The summed E-state index contributed by atoms with van der Waals surface area (Å²) in [4.78, 5) is 20.7. The number of furan rings is 1. The summed E-state index contributed by atoms with van der Waals surface area (Å²) < 4.78 is 5.91. The van der Waals surface area contributed by atoms with Crippen molar-refractivity contribution in [2.45, 2.75) is 25.8 Å².